The molecule has 0 amide bonds. The summed E-state index contributed by atoms with van der Waals surface area (Å²) in [5.41, 5.74) is 3.51. The highest BCUT2D eigenvalue weighted by atomic mass is 16.5. The summed E-state index contributed by atoms with van der Waals surface area (Å²) < 4.78 is 18.1. The second-order valence-electron chi connectivity index (χ2n) is 21.8. The Balaban J connectivity index is 0.000000187. The SMILES string of the molecule is CC(C)(C)C1CCC(Oc2cccc3cc(CCC4CC(C(=O)O)C4)ccc23)CC1.CCOC(=O)C1CC(CCc2ccc3c(OC4CCC(C(C)(C)C)CC4)cccc3c2)C1. The van der Waals surface area contributed by atoms with Crippen LogP contribution in [0.5, 0.6) is 11.5 Å². The van der Waals surface area contributed by atoms with Gasteiger partial charge in [-0.1, -0.05) is 102 Å². The van der Waals surface area contributed by atoms with Gasteiger partial charge in [0.25, 0.3) is 0 Å². The van der Waals surface area contributed by atoms with Crippen LogP contribution in [0.15, 0.2) is 72.8 Å². The first-order valence-electron chi connectivity index (χ1n) is 24.4. The number of fused-ring (bicyclic) bond motifs is 2. The molecular formula is C56H76O6. The number of rotatable bonds is 13. The smallest absolute Gasteiger partial charge is 0.308 e. The number of hydrogen-bond acceptors (Lipinski definition) is 5. The third-order valence-corrected chi connectivity index (χ3v) is 15.3. The van der Waals surface area contributed by atoms with Gasteiger partial charge in [-0.15, -0.1) is 0 Å². The van der Waals surface area contributed by atoms with E-state index in [1.807, 2.05) is 6.92 Å². The van der Waals surface area contributed by atoms with Crippen molar-refractivity contribution < 1.29 is 28.9 Å². The molecule has 0 bridgehead atoms. The highest BCUT2D eigenvalue weighted by Crippen LogP contribution is 2.42. The molecule has 0 unspecified atom stereocenters. The lowest BCUT2D eigenvalue weighted by Gasteiger charge is -2.37. The van der Waals surface area contributed by atoms with Crippen molar-refractivity contribution >= 4 is 33.5 Å². The zero-order valence-electron chi connectivity index (χ0n) is 39.1. The van der Waals surface area contributed by atoms with Gasteiger partial charge in [-0.3, -0.25) is 9.59 Å². The Bertz CT molecular complexity index is 2090. The molecular weight excluding hydrogens is 769 g/mol. The molecule has 0 aromatic heterocycles. The molecule has 4 fully saturated rings. The predicted molar refractivity (Wildman–Crippen MR) is 253 cm³/mol. The van der Waals surface area contributed by atoms with E-state index in [-0.39, 0.29) is 17.8 Å². The largest absolute Gasteiger partial charge is 0.490 e. The molecule has 1 N–H and O–H groups in total. The highest BCUT2D eigenvalue weighted by Gasteiger charge is 2.36. The van der Waals surface area contributed by atoms with Crippen molar-refractivity contribution in [2.45, 2.75) is 163 Å². The van der Waals surface area contributed by atoms with E-state index in [0.717, 1.165) is 100 Å². The number of carbonyl (C=O) groups excluding carboxylic acids is 1. The molecule has 6 nitrogen and oxygen atoms in total. The van der Waals surface area contributed by atoms with Crippen LogP contribution >= 0.6 is 0 Å². The van der Waals surface area contributed by atoms with E-state index in [1.54, 1.807) is 0 Å². The summed E-state index contributed by atoms with van der Waals surface area (Å²) in [5.74, 6) is 4.27. The second kappa shape index (κ2) is 20.2. The van der Waals surface area contributed by atoms with Gasteiger partial charge in [-0.05, 0) is 178 Å². The zero-order valence-corrected chi connectivity index (χ0v) is 39.1. The van der Waals surface area contributed by atoms with E-state index < -0.39 is 5.97 Å². The van der Waals surface area contributed by atoms with Gasteiger partial charge in [0.15, 0.2) is 0 Å². The summed E-state index contributed by atoms with van der Waals surface area (Å²) >= 11 is 0. The van der Waals surface area contributed by atoms with Crippen molar-refractivity contribution in [1.29, 1.82) is 0 Å². The average Bonchev–Trinajstić information content (AvgIpc) is 3.20. The van der Waals surface area contributed by atoms with Crippen molar-refractivity contribution in [2.75, 3.05) is 6.61 Å². The van der Waals surface area contributed by atoms with Crippen molar-refractivity contribution in [2.24, 2.45) is 46.3 Å². The molecule has 0 saturated heterocycles. The molecule has 336 valence electrons. The number of aliphatic carboxylic acids is 1. The molecule has 0 heterocycles. The Hall–Kier alpha value is -4.06. The minimum absolute atomic E-state index is 0.00567. The molecule has 0 radical (unpaired) electrons. The highest BCUT2D eigenvalue weighted by molar-refractivity contribution is 5.89. The molecule has 6 heteroatoms. The van der Waals surface area contributed by atoms with Crippen LogP contribution in [0.3, 0.4) is 0 Å². The zero-order chi connectivity index (χ0) is 44.0. The molecule has 0 spiro atoms. The molecule has 4 aliphatic rings. The van der Waals surface area contributed by atoms with Crippen LogP contribution in [-0.4, -0.2) is 35.9 Å². The molecule has 4 saturated carbocycles. The summed E-state index contributed by atoms with van der Waals surface area (Å²) in [7, 11) is 0. The summed E-state index contributed by atoms with van der Waals surface area (Å²) in [6.45, 7) is 16.5. The summed E-state index contributed by atoms with van der Waals surface area (Å²) in [6.07, 6.45) is 18.3. The van der Waals surface area contributed by atoms with Crippen LogP contribution < -0.4 is 9.47 Å². The van der Waals surface area contributed by atoms with Gasteiger partial charge >= 0.3 is 11.9 Å². The van der Waals surface area contributed by atoms with E-state index in [2.05, 4.69) is 114 Å². The van der Waals surface area contributed by atoms with E-state index in [4.69, 9.17) is 19.3 Å². The number of hydrogen-bond donors (Lipinski definition) is 1. The second-order valence-corrected chi connectivity index (χ2v) is 21.8. The topological polar surface area (TPSA) is 82.1 Å². The van der Waals surface area contributed by atoms with E-state index >= 15 is 0 Å². The minimum Gasteiger partial charge on any atom is -0.490 e. The van der Waals surface area contributed by atoms with Crippen LogP contribution in [0.25, 0.3) is 21.5 Å². The maximum Gasteiger partial charge on any atom is 0.308 e. The van der Waals surface area contributed by atoms with E-state index in [9.17, 15) is 9.59 Å². The molecule has 0 aliphatic heterocycles. The van der Waals surface area contributed by atoms with Crippen molar-refractivity contribution in [3.05, 3.63) is 83.9 Å². The number of carboxylic acid groups (broad SMARTS) is 1. The van der Waals surface area contributed by atoms with Crippen LogP contribution in [0.1, 0.15) is 149 Å². The Kier molecular flexibility index (Phi) is 15.0. The van der Waals surface area contributed by atoms with Gasteiger partial charge in [0, 0.05) is 10.8 Å². The number of carboxylic acids is 1. The minimum atomic E-state index is -0.628. The predicted octanol–water partition coefficient (Wildman–Crippen LogP) is 14.2. The van der Waals surface area contributed by atoms with Gasteiger partial charge in [-0.2, -0.15) is 0 Å². The Morgan fingerprint density at radius 3 is 1.39 bits per heavy atom. The van der Waals surface area contributed by atoms with E-state index in [1.165, 1.54) is 58.4 Å². The maximum absolute atomic E-state index is 11.8. The van der Waals surface area contributed by atoms with Crippen LogP contribution in [-0.2, 0) is 27.2 Å². The van der Waals surface area contributed by atoms with Crippen LogP contribution in [0.2, 0.25) is 0 Å². The molecule has 4 aromatic carbocycles. The quantitative estimate of drug-likeness (QED) is 0.135. The average molecular weight is 845 g/mol. The fourth-order valence-electron chi connectivity index (χ4n) is 10.9. The summed E-state index contributed by atoms with van der Waals surface area (Å²) in [4.78, 5) is 22.8. The standard InChI is InChI=1S/C29H40O3.C27H36O3/c1-5-31-28(30)23-18-21(19-23)10-9-20-11-16-26-22(17-20)7-6-8-27(26)32-25-14-12-24(13-15-25)29(2,3)4;1-27(2,3)22-10-12-23(13-11-22)30-25-6-4-5-20-15-18(9-14-24(20)25)7-8-19-16-21(17-19)26(28)29/h6-8,11,16-17,21,23-25H,5,9-10,12-15,18-19H2,1-4H3;4-6,9,14-15,19,21-23H,7-8,10-13,16-17H2,1-3H3,(H,28,29). The van der Waals surface area contributed by atoms with Gasteiger partial charge in [-0.25, -0.2) is 0 Å². The normalized spacial score (nSPS) is 26.4. The maximum atomic E-state index is 11.8. The van der Waals surface area contributed by atoms with Crippen molar-refractivity contribution in [3.63, 3.8) is 0 Å². The Morgan fingerprint density at radius 2 is 1.00 bits per heavy atom. The number of ether oxygens (including phenoxy) is 3. The lowest BCUT2D eigenvalue weighted by Crippen LogP contribution is -2.32. The number of esters is 1. The summed E-state index contributed by atoms with van der Waals surface area (Å²) in [6, 6.07) is 26.4. The Labute approximate surface area is 372 Å². The first kappa shape index (κ1) is 45.9. The third kappa shape index (κ3) is 11.9. The molecule has 4 aliphatic carbocycles. The fraction of sp³-hybridized carbons (Fsp3) is 0.607. The van der Waals surface area contributed by atoms with Gasteiger partial charge in [0.1, 0.15) is 11.5 Å². The van der Waals surface area contributed by atoms with Gasteiger partial charge in [0.2, 0.25) is 0 Å². The first-order valence-corrected chi connectivity index (χ1v) is 24.4. The Morgan fingerprint density at radius 1 is 0.581 bits per heavy atom. The fourth-order valence-corrected chi connectivity index (χ4v) is 10.9. The molecule has 62 heavy (non-hydrogen) atoms. The number of benzene rings is 4. The van der Waals surface area contributed by atoms with Crippen molar-refractivity contribution in [3.8, 4) is 11.5 Å². The molecule has 8 rings (SSSR count). The lowest BCUT2D eigenvalue weighted by molar-refractivity contribution is -0.153. The van der Waals surface area contributed by atoms with Crippen LogP contribution in [0.4, 0.5) is 0 Å². The number of aryl methyl sites for hydroxylation is 2. The van der Waals surface area contributed by atoms with Gasteiger partial charge < -0.3 is 19.3 Å². The van der Waals surface area contributed by atoms with Gasteiger partial charge in [0.05, 0.1) is 30.7 Å². The van der Waals surface area contributed by atoms with Crippen molar-refractivity contribution in [1.82, 2.24) is 0 Å². The molecule has 0 atom stereocenters. The van der Waals surface area contributed by atoms with E-state index in [0.29, 0.717) is 41.5 Å². The summed E-state index contributed by atoms with van der Waals surface area (Å²) in [5, 5.41) is 14.0. The number of carbonyl (C=O) groups is 2. The lowest BCUT2D eigenvalue weighted by atomic mass is 9.72. The monoisotopic (exact) mass is 845 g/mol. The van der Waals surface area contributed by atoms with Crippen LogP contribution in [0, 0.1) is 46.3 Å². The third-order valence-electron chi connectivity index (χ3n) is 15.3. The molecule has 4 aromatic rings. The first-order chi connectivity index (χ1) is 29.6.